The molecule has 4 aromatic rings. The van der Waals surface area contributed by atoms with Crippen LogP contribution in [0.4, 0.5) is 5.82 Å². The molecule has 3 aromatic heterocycles. The smallest absolute Gasteiger partial charge is 0.274 e. The number of hydrogen-bond acceptors (Lipinski definition) is 2. The maximum atomic E-state index is 4.26. The van der Waals surface area contributed by atoms with Gasteiger partial charge < -0.3 is 9.88 Å². The number of aryl methyl sites for hydroxylation is 1. The molecule has 146 valence electrons. The van der Waals surface area contributed by atoms with Crippen molar-refractivity contribution in [3.8, 4) is 0 Å². The Kier molecular flexibility index (Phi) is 4.74. The molecule has 1 fully saturated rings. The van der Waals surface area contributed by atoms with Crippen molar-refractivity contribution in [2.75, 3.05) is 31.1 Å². The highest BCUT2D eigenvalue weighted by molar-refractivity contribution is 5.85. The fraction of sp³-hybridized carbons (Fsp3) is 0.250. The molecular formula is C24H27N5+2. The van der Waals surface area contributed by atoms with E-state index in [1.54, 1.807) is 4.90 Å². The highest BCUT2D eigenvalue weighted by atomic mass is 15.3. The van der Waals surface area contributed by atoms with Crippen LogP contribution in [0.1, 0.15) is 22.9 Å². The number of benzene rings is 1. The second-order valence-electron chi connectivity index (χ2n) is 7.82. The van der Waals surface area contributed by atoms with Gasteiger partial charge in [0.05, 0.1) is 6.20 Å². The van der Waals surface area contributed by atoms with E-state index in [0.717, 1.165) is 26.2 Å². The number of aromatic nitrogens is 3. The molecule has 0 radical (unpaired) electrons. The zero-order valence-corrected chi connectivity index (χ0v) is 16.7. The maximum absolute atomic E-state index is 4.26. The van der Waals surface area contributed by atoms with Crippen LogP contribution in [0.5, 0.6) is 0 Å². The summed E-state index contributed by atoms with van der Waals surface area (Å²) in [5.74, 6) is 1.20. The number of pyridine rings is 2. The highest BCUT2D eigenvalue weighted by Crippen LogP contribution is 2.30. The van der Waals surface area contributed by atoms with E-state index < -0.39 is 0 Å². The largest absolute Gasteiger partial charge is 0.358 e. The van der Waals surface area contributed by atoms with Gasteiger partial charge in [-0.1, -0.05) is 24.3 Å². The molecule has 0 aliphatic carbocycles. The first-order valence-corrected chi connectivity index (χ1v) is 10.3. The summed E-state index contributed by atoms with van der Waals surface area (Å²) >= 11 is 0. The number of quaternary nitrogens is 1. The van der Waals surface area contributed by atoms with Crippen LogP contribution in [0.2, 0.25) is 0 Å². The first-order chi connectivity index (χ1) is 14.3. The van der Waals surface area contributed by atoms with E-state index in [1.165, 1.54) is 33.5 Å². The highest BCUT2D eigenvalue weighted by Gasteiger charge is 2.35. The standard InChI is InChI=1S/C24H25N5/c1-18-23(20-6-2-3-7-21(20)27-18)24(19-9-12-25-13-10-19)29-16-14-28(15-17-29)22-8-4-5-11-26-22/h2-13,24,27H,14-17H2,1H3/p+2/t24-/m1/s1. The van der Waals surface area contributed by atoms with E-state index in [4.69, 9.17) is 0 Å². The molecule has 0 bridgehead atoms. The Labute approximate surface area is 171 Å². The van der Waals surface area contributed by atoms with Crippen LogP contribution in [0.3, 0.4) is 0 Å². The van der Waals surface area contributed by atoms with Crippen LogP contribution in [0.25, 0.3) is 10.9 Å². The van der Waals surface area contributed by atoms with Gasteiger partial charge in [0.25, 0.3) is 5.82 Å². The Morgan fingerprint density at radius 1 is 1.00 bits per heavy atom. The van der Waals surface area contributed by atoms with E-state index in [0.29, 0.717) is 6.04 Å². The Bertz CT molecular complexity index is 1080. The molecule has 5 nitrogen and oxygen atoms in total. The minimum atomic E-state index is 0.302. The van der Waals surface area contributed by atoms with Crippen molar-refractivity contribution in [3.05, 3.63) is 90.0 Å². The predicted octanol–water partition coefficient (Wildman–Crippen LogP) is 2.18. The lowest BCUT2D eigenvalue weighted by atomic mass is 9.94. The maximum Gasteiger partial charge on any atom is 0.274 e. The van der Waals surface area contributed by atoms with Crippen LogP contribution >= 0.6 is 0 Å². The Morgan fingerprint density at radius 2 is 1.76 bits per heavy atom. The van der Waals surface area contributed by atoms with E-state index in [2.05, 4.69) is 75.3 Å². The van der Waals surface area contributed by atoms with Crippen LogP contribution in [0, 0.1) is 6.92 Å². The number of aromatic amines is 2. The summed E-state index contributed by atoms with van der Waals surface area (Å²) in [5, 5.41) is 1.33. The van der Waals surface area contributed by atoms with Gasteiger partial charge in [-0.2, -0.15) is 0 Å². The minimum absolute atomic E-state index is 0.302. The number of nitrogens with one attached hydrogen (secondary N) is 3. The van der Waals surface area contributed by atoms with Gasteiger partial charge in [-0.3, -0.25) is 9.88 Å². The van der Waals surface area contributed by atoms with Gasteiger partial charge in [0.1, 0.15) is 32.2 Å². The Balaban J connectivity index is 1.50. The lowest BCUT2D eigenvalue weighted by Gasteiger charge is -2.34. The number of piperazine rings is 1. The molecule has 5 rings (SSSR count). The number of hydrogen-bond donors (Lipinski definition) is 2. The van der Waals surface area contributed by atoms with Crippen molar-refractivity contribution in [2.45, 2.75) is 13.0 Å². The summed E-state index contributed by atoms with van der Waals surface area (Å²) in [4.78, 5) is 15.3. The molecule has 1 aliphatic rings. The molecule has 0 amide bonds. The van der Waals surface area contributed by atoms with Crippen molar-refractivity contribution in [3.63, 3.8) is 0 Å². The van der Waals surface area contributed by atoms with Gasteiger partial charge in [-0.25, -0.2) is 4.98 Å². The van der Waals surface area contributed by atoms with E-state index in [1.807, 2.05) is 24.7 Å². The van der Waals surface area contributed by atoms with Crippen molar-refractivity contribution < 1.29 is 9.88 Å². The molecule has 1 atom stereocenters. The minimum Gasteiger partial charge on any atom is -0.358 e. The van der Waals surface area contributed by atoms with Gasteiger partial charge in [-0.05, 0) is 31.2 Å². The summed E-state index contributed by atoms with van der Waals surface area (Å²) < 4.78 is 0. The van der Waals surface area contributed by atoms with Crippen LogP contribution in [-0.2, 0) is 0 Å². The quantitative estimate of drug-likeness (QED) is 0.566. The zero-order valence-electron chi connectivity index (χ0n) is 16.7. The van der Waals surface area contributed by atoms with Gasteiger partial charge in [-0.15, -0.1) is 0 Å². The summed E-state index contributed by atoms with van der Waals surface area (Å²) in [6, 6.07) is 19.6. The second-order valence-corrected chi connectivity index (χ2v) is 7.82. The SMILES string of the molecule is Cc1[nH]c2ccccc2c1[C@@H](c1ccncc1)[NH+]1CCN(c2cccc[nH+]2)CC1. The van der Waals surface area contributed by atoms with Crippen molar-refractivity contribution in [1.82, 2.24) is 9.97 Å². The van der Waals surface area contributed by atoms with E-state index >= 15 is 0 Å². The van der Waals surface area contributed by atoms with Crippen LogP contribution in [-0.4, -0.2) is 36.1 Å². The number of para-hydroxylation sites is 1. The average Bonchev–Trinajstić information content (AvgIpc) is 3.12. The molecule has 1 aliphatic heterocycles. The molecule has 29 heavy (non-hydrogen) atoms. The number of anilines is 1. The van der Waals surface area contributed by atoms with Gasteiger partial charge >= 0.3 is 0 Å². The molecule has 0 unspecified atom stereocenters. The van der Waals surface area contributed by atoms with Gasteiger partial charge in [0.15, 0.2) is 0 Å². The number of rotatable bonds is 4. The molecule has 0 spiro atoms. The molecule has 1 saturated heterocycles. The van der Waals surface area contributed by atoms with E-state index in [9.17, 15) is 0 Å². The first-order valence-electron chi connectivity index (χ1n) is 10.3. The predicted molar refractivity (Wildman–Crippen MR) is 115 cm³/mol. The zero-order chi connectivity index (χ0) is 19.6. The van der Waals surface area contributed by atoms with Gasteiger partial charge in [0, 0.05) is 46.2 Å². The normalized spacial score (nSPS) is 16.2. The fourth-order valence-corrected chi connectivity index (χ4v) is 4.74. The molecule has 0 saturated carbocycles. The van der Waals surface area contributed by atoms with Crippen LogP contribution < -0.4 is 14.8 Å². The molecule has 1 aromatic carbocycles. The third kappa shape index (κ3) is 3.38. The first kappa shape index (κ1) is 17.9. The summed E-state index contributed by atoms with van der Waals surface area (Å²) in [6.07, 6.45) is 5.84. The lowest BCUT2D eigenvalue weighted by molar-refractivity contribution is -0.926. The molecular weight excluding hydrogens is 358 g/mol. The van der Waals surface area contributed by atoms with Crippen molar-refractivity contribution in [2.24, 2.45) is 0 Å². The topological polar surface area (TPSA) is 50.5 Å². The average molecular weight is 386 g/mol. The third-order valence-corrected chi connectivity index (χ3v) is 6.12. The Morgan fingerprint density at radius 3 is 2.52 bits per heavy atom. The Hall–Kier alpha value is -3.18. The summed E-state index contributed by atoms with van der Waals surface area (Å²) in [7, 11) is 0. The summed E-state index contributed by atoms with van der Waals surface area (Å²) in [6.45, 7) is 6.47. The molecule has 4 heterocycles. The lowest BCUT2D eigenvalue weighted by Crippen LogP contribution is -3.15. The number of H-pyrrole nitrogens is 2. The van der Waals surface area contributed by atoms with Crippen LogP contribution in [0.15, 0.2) is 73.2 Å². The molecule has 3 N–H and O–H groups in total. The number of nitrogens with zero attached hydrogens (tertiary/aromatic N) is 2. The summed E-state index contributed by atoms with van der Waals surface area (Å²) in [5.41, 5.74) is 5.24. The molecule has 5 heteroatoms. The van der Waals surface area contributed by atoms with Crippen molar-refractivity contribution in [1.29, 1.82) is 0 Å². The second kappa shape index (κ2) is 7.68. The number of fused-ring (bicyclic) bond motifs is 1. The fourth-order valence-electron chi connectivity index (χ4n) is 4.74. The third-order valence-electron chi connectivity index (χ3n) is 6.12. The van der Waals surface area contributed by atoms with Crippen molar-refractivity contribution >= 4 is 16.7 Å². The monoisotopic (exact) mass is 385 g/mol. The van der Waals surface area contributed by atoms with E-state index in [-0.39, 0.29) is 0 Å². The van der Waals surface area contributed by atoms with Gasteiger partial charge in [0.2, 0.25) is 0 Å².